The van der Waals surface area contributed by atoms with Crippen LogP contribution in [0.4, 0.5) is 5.69 Å². The minimum atomic E-state index is -0.209. The number of nitrogens with zero attached hydrogens (tertiary/aromatic N) is 1. The lowest BCUT2D eigenvalue weighted by molar-refractivity contribution is 0.357. The minimum Gasteiger partial charge on any atom is -0.495 e. The Kier molecular flexibility index (Phi) is 6.89. The highest BCUT2D eigenvalue weighted by Crippen LogP contribution is 2.27. The van der Waals surface area contributed by atoms with Gasteiger partial charge < -0.3 is 21.1 Å². The fourth-order valence-electron chi connectivity index (χ4n) is 2.67. The molecule has 6 heteroatoms. The Morgan fingerprint density at radius 3 is 2.54 bits per heavy atom. The van der Waals surface area contributed by atoms with Crippen molar-refractivity contribution in [2.24, 2.45) is 10.7 Å². The van der Waals surface area contributed by atoms with Crippen molar-refractivity contribution in [1.29, 1.82) is 0 Å². The molecule has 0 saturated carbocycles. The van der Waals surface area contributed by atoms with Gasteiger partial charge in [-0.05, 0) is 44.5 Å². The van der Waals surface area contributed by atoms with Crippen LogP contribution in [0.2, 0.25) is 5.02 Å². The van der Waals surface area contributed by atoms with Crippen LogP contribution >= 0.6 is 11.6 Å². The number of benzene rings is 2. The molecule has 2 aromatic rings. The van der Waals surface area contributed by atoms with Crippen molar-refractivity contribution in [3.63, 3.8) is 0 Å². The van der Waals surface area contributed by atoms with Gasteiger partial charge in [-0.25, -0.2) is 0 Å². The summed E-state index contributed by atoms with van der Waals surface area (Å²) in [5.74, 6) is 0.960. The highest BCUT2D eigenvalue weighted by molar-refractivity contribution is 6.32. The summed E-state index contributed by atoms with van der Waals surface area (Å²) < 4.78 is 5.14. The Morgan fingerprint density at radius 2 is 1.92 bits per heavy atom. The minimum absolute atomic E-state index is 0.209. The second kappa shape index (κ2) is 8.92. The van der Waals surface area contributed by atoms with E-state index in [9.17, 15) is 0 Å². The number of hydrogen-bond donors (Lipinski definition) is 3. The Labute approximate surface area is 160 Å². The molecule has 0 bridgehead atoms. The van der Waals surface area contributed by atoms with E-state index in [1.165, 1.54) is 5.56 Å². The summed E-state index contributed by atoms with van der Waals surface area (Å²) in [5.41, 5.74) is 7.81. The predicted molar refractivity (Wildman–Crippen MR) is 110 cm³/mol. The van der Waals surface area contributed by atoms with E-state index < -0.39 is 0 Å². The fraction of sp³-hybridized carbons (Fsp3) is 0.350. The molecule has 0 fully saturated rings. The molecular weight excluding hydrogens is 348 g/mol. The van der Waals surface area contributed by atoms with Crippen molar-refractivity contribution in [3.8, 4) is 5.75 Å². The van der Waals surface area contributed by atoms with E-state index in [-0.39, 0.29) is 11.6 Å². The Morgan fingerprint density at radius 1 is 1.23 bits per heavy atom. The van der Waals surface area contributed by atoms with E-state index >= 15 is 0 Å². The topological polar surface area (TPSA) is 71.7 Å². The van der Waals surface area contributed by atoms with Crippen LogP contribution < -0.4 is 21.1 Å². The molecule has 4 N–H and O–H groups in total. The number of methoxy groups -OCH3 is 1. The fourth-order valence-corrected chi connectivity index (χ4v) is 2.93. The summed E-state index contributed by atoms with van der Waals surface area (Å²) >= 11 is 6.12. The van der Waals surface area contributed by atoms with Crippen molar-refractivity contribution in [3.05, 3.63) is 59.1 Å². The molecule has 5 nitrogen and oxygen atoms in total. The van der Waals surface area contributed by atoms with E-state index in [4.69, 9.17) is 22.1 Å². The molecule has 0 radical (unpaired) electrons. The third-order valence-electron chi connectivity index (χ3n) is 3.98. The molecule has 0 aliphatic carbocycles. The van der Waals surface area contributed by atoms with Gasteiger partial charge in [0.15, 0.2) is 5.96 Å². The van der Waals surface area contributed by atoms with Crippen LogP contribution in [0, 0.1) is 0 Å². The zero-order valence-corrected chi connectivity index (χ0v) is 16.5. The van der Waals surface area contributed by atoms with Gasteiger partial charge in [0.2, 0.25) is 0 Å². The second-order valence-corrected chi connectivity index (χ2v) is 7.24. The third-order valence-corrected chi connectivity index (χ3v) is 4.27. The smallest absolute Gasteiger partial charge is 0.193 e. The van der Waals surface area contributed by atoms with Gasteiger partial charge in [-0.1, -0.05) is 41.9 Å². The number of guanidine groups is 1. The molecule has 2 rings (SSSR count). The van der Waals surface area contributed by atoms with E-state index in [1.807, 2.05) is 24.3 Å². The molecule has 0 aliphatic rings. The Hall–Kier alpha value is -2.24. The molecule has 2 aromatic carbocycles. The van der Waals surface area contributed by atoms with Gasteiger partial charge in [-0.3, -0.25) is 4.99 Å². The van der Waals surface area contributed by atoms with Crippen molar-refractivity contribution < 1.29 is 4.74 Å². The maximum absolute atomic E-state index is 6.12. The Balaban J connectivity index is 1.95. The monoisotopic (exact) mass is 374 g/mol. The van der Waals surface area contributed by atoms with Crippen molar-refractivity contribution in [2.75, 3.05) is 19.0 Å². The summed E-state index contributed by atoms with van der Waals surface area (Å²) in [6, 6.07) is 15.9. The van der Waals surface area contributed by atoms with Gasteiger partial charge >= 0.3 is 0 Å². The van der Waals surface area contributed by atoms with E-state index in [0.717, 1.165) is 5.69 Å². The number of anilines is 1. The van der Waals surface area contributed by atoms with Crippen LogP contribution in [0.1, 0.15) is 32.4 Å². The predicted octanol–water partition coefficient (Wildman–Crippen LogP) is 4.20. The summed E-state index contributed by atoms with van der Waals surface area (Å²) in [6.45, 7) is 6.88. The van der Waals surface area contributed by atoms with Crippen molar-refractivity contribution in [1.82, 2.24) is 5.32 Å². The SMILES string of the molecule is COc1ccc(NC(N)=NCC(C)(C)NC(C)c2ccccc2)cc1Cl. The number of rotatable bonds is 7. The molecule has 0 aliphatic heterocycles. The molecule has 26 heavy (non-hydrogen) atoms. The molecule has 0 amide bonds. The largest absolute Gasteiger partial charge is 0.495 e. The van der Waals surface area contributed by atoms with Crippen LogP contribution in [-0.2, 0) is 0 Å². The Bertz CT molecular complexity index is 747. The normalized spacial score (nSPS) is 13.3. The van der Waals surface area contributed by atoms with Crippen LogP contribution in [0.25, 0.3) is 0 Å². The van der Waals surface area contributed by atoms with Gasteiger partial charge in [-0.15, -0.1) is 0 Å². The van der Waals surface area contributed by atoms with Gasteiger partial charge in [0.1, 0.15) is 5.75 Å². The number of nitrogens with two attached hydrogens (primary N) is 1. The molecule has 0 heterocycles. The summed E-state index contributed by atoms with van der Waals surface area (Å²) in [7, 11) is 1.58. The van der Waals surface area contributed by atoms with Crippen molar-refractivity contribution >= 4 is 23.2 Å². The summed E-state index contributed by atoms with van der Waals surface area (Å²) in [6.07, 6.45) is 0. The zero-order chi connectivity index (χ0) is 19.2. The number of nitrogens with one attached hydrogen (secondary N) is 2. The molecule has 1 atom stereocenters. The standard InChI is InChI=1S/C20H27ClN4O/c1-14(15-8-6-5-7-9-15)25-20(2,3)13-23-19(22)24-16-10-11-18(26-4)17(21)12-16/h5-12,14,25H,13H2,1-4H3,(H3,22,23,24). The number of aliphatic imine (C=N–C) groups is 1. The molecule has 0 spiro atoms. The maximum Gasteiger partial charge on any atom is 0.193 e. The van der Waals surface area contributed by atoms with E-state index in [0.29, 0.717) is 23.3 Å². The molecular formula is C20H27ClN4O. The van der Waals surface area contributed by atoms with Crippen molar-refractivity contribution in [2.45, 2.75) is 32.4 Å². The number of ether oxygens (including phenoxy) is 1. The lowest BCUT2D eigenvalue weighted by Crippen LogP contribution is -2.44. The average Bonchev–Trinajstić information content (AvgIpc) is 2.61. The first kappa shape index (κ1) is 20.1. The number of hydrogen-bond acceptors (Lipinski definition) is 3. The van der Waals surface area contributed by atoms with E-state index in [2.05, 4.69) is 48.5 Å². The maximum atomic E-state index is 6.12. The lowest BCUT2D eigenvalue weighted by Gasteiger charge is -2.29. The second-order valence-electron chi connectivity index (χ2n) is 6.84. The first-order valence-corrected chi connectivity index (χ1v) is 8.91. The van der Waals surface area contributed by atoms with Crippen LogP contribution in [0.3, 0.4) is 0 Å². The first-order valence-electron chi connectivity index (χ1n) is 8.54. The molecule has 140 valence electrons. The average molecular weight is 375 g/mol. The third kappa shape index (κ3) is 5.93. The highest BCUT2D eigenvalue weighted by atomic mass is 35.5. The van der Waals surface area contributed by atoms with Gasteiger partial charge in [-0.2, -0.15) is 0 Å². The van der Waals surface area contributed by atoms with Gasteiger partial charge in [0.05, 0.1) is 18.7 Å². The van der Waals surface area contributed by atoms with E-state index in [1.54, 1.807) is 19.2 Å². The zero-order valence-electron chi connectivity index (χ0n) is 15.7. The van der Waals surface area contributed by atoms with Crippen LogP contribution in [0.5, 0.6) is 5.75 Å². The lowest BCUT2D eigenvalue weighted by atomic mass is 10.0. The highest BCUT2D eigenvalue weighted by Gasteiger charge is 2.20. The summed E-state index contributed by atoms with van der Waals surface area (Å²) in [5, 5.41) is 7.16. The van der Waals surface area contributed by atoms with Gasteiger partial charge in [0.25, 0.3) is 0 Å². The molecule has 0 saturated heterocycles. The molecule has 0 aromatic heterocycles. The van der Waals surface area contributed by atoms with Crippen LogP contribution in [0.15, 0.2) is 53.5 Å². The number of halogens is 1. The quantitative estimate of drug-likeness (QED) is 0.501. The molecule has 1 unspecified atom stereocenters. The first-order chi connectivity index (χ1) is 12.3. The van der Waals surface area contributed by atoms with Crippen LogP contribution in [-0.4, -0.2) is 25.2 Å². The van der Waals surface area contributed by atoms with Gasteiger partial charge in [0, 0.05) is 17.3 Å². The summed E-state index contributed by atoms with van der Waals surface area (Å²) in [4.78, 5) is 4.46.